The normalized spacial score (nSPS) is 19.0. The van der Waals surface area contributed by atoms with E-state index >= 15 is 0 Å². The average Bonchev–Trinajstić information content (AvgIpc) is 2.66. The van der Waals surface area contributed by atoms with Crippen LogP contribution in [0.15, 0.2) is 36.4 Å². The van der Waals surface area contributed by atoms with E-state index in [1.807, 2.05) is 31.0 Å². The highest BCUT2D eigenvalue weighted by Gasteiger charge is 2.27. The van der Waals surface area contributed by atoms with Gasteiger partial charge in [-0.25, -0.2) is 0 Å². The molecule has 3 rings (SSSR count). The van der Waals surface area contributed by atoms with Crippen molar-refractivity contribution < 1.29 is 9.53 Å². The molecule has 4 nitrogen and oxygen atoms in total. The lowest BCUT2D eigenvalue weighted by atomic mass is 9.93. The molecule has 25 heavy (non-hydrogen) atoms. The standard InChI is InChI=1S/C21H28N2O2/c1-15(21(24)23-10-4-5-16(14-23)13-22-2)17-6-7-19-12-20(25-3)9-8-18(19)11-17/h6-9,11-12,15-16,22H,4-5,10,13-14H2,1-3H3. The van der Waals surface area contributed by atoms with Crippen molar-refractivity contribution in [2.45, 2.75) is 25.7 Å². The summed E-state index contributed by atoms with van der Waals surface area (Å²) in [7, 11) is 3.66. The van der Waals surface area contributed by atoms with Gasteiger partial charge in [-0.05, 0) is 67.7 Å². The van der Waals surface area contributed by atoms with Crippen LogP contribution in [0.25, 0.3) is 10.8 Å². The highest BCUT2D eigenvalue weighted by atomic mass is 16.5. The molecule has 2 aromatic rings. The van der Waals surface area contributed by atoms with Crippen molar-refractivity contribution in [1.29, 1.82) is 0 Å². The summed E-state index contributed by atoms with van der Waals surface area (Å²) >= 11 is 0. The molecule has 1 fully saturated rings. The van der Waals surface area contributed by atoms with Crippen molar-refractivity contribution in [3.63, 3.8) is 0 Å². The Morgan fingerprint density at radius 2 is 2.04 bits per heavy atom. The van der Waals surface area contributed by atoms with Gasteiger partial charge in [0, 0.05) is 13.1 Å². The maximum Gasteiger partial charge on any atom is 0.229 e. The number of likely N-dealkylation sites (tertiary alicyclic amines) is 1. The monoisotopic (exact) mass is 340 g/mol. The Morgan fingerprint density at radius 3 is 2.80 bits per heavy atom. The quantitative estimate of drug-likeness (QED) is 0.907. The van der Waals surface area contributed by atoms with Gasteiger partial charge in [-0.15, -0.1) is 0 Å². The number of fused-ring (bicyclic) bond motifs is 1. The number of piperidine rings is 1. The van der Waals surface area contributed by atoms with Gasteiger partial charge in [0.05, 0.1) is 13.0 Å². The highest BCUT2D eigenvalue weighted by Crippen LogP contribution is 2.27. The summed E-state index contributed by atoms with van der Waals surface area (Å²) in [5.74, 6) is 1.56. The molecular formula is C21H28N2O2. The van der Waals surface area contributed by atoms with Crippen LogP contribution in [0.1, 0.15) is 31.2 Å². The Balaban J connectivity index is 1.76. The zero-order valence-electron chi connectivity index (χ0n) is 15.4. The first-order chi connectivity index (χ1) is 12.1. The Morgan fingerprint density at radius 1 is 1.28 bits per heavy atom. The van der Waals surface area contributed by atoms with E-state index in [4.69, 9.17) is 4.74 Å². The third kappa shape index (κ3) is 3.96. The van der Waals surface area contributed by atoms with Gasteiger partial charge in [0.1, 0.15) is 5.75 Å². The molecular weight excluding hydrogens is 312 g/mol. The summed E-state index contributed by atoms with van der Waals surface area (Å²) in [6.07, 6.45) is 2.30. The summed E-state index contributed by atoms with van der Waals surface area (Å²) in [6, 6.07) is 12.3. The number of amides is 1. The van der Waals surface area contributed by atoms with E-state index in [0.717, 1.165) is 48.1 Å². The lowest BCUT2D eigenvalue weighted by molar-refractivity contribution is -0.134. The second-order valence-electron chi connectivity index (χ2n) is 7.04. The average molecular weight is 340 g/mol. The number of methoxy groups -OCH3 is 1. The van der Waals surface area contributed by atoms with Gasteiger partial charge in [-0.3, -0.25) is 4.79 Å². The number of nitrogens with zero attached hydrogens (tertiary/aromatic N) is 1. The first-order valence-electron chi connectivity index (χ1n) is 9.13. The van der Waals surface area contributed by atoms with Gasteiger partial charge in [0.2, 0.25) is 5.91 Å². The second kappa shape index (κ2) is 7.87. The number of hydrogen-bond acceptors (Lipinski definition) is 3. The van der Waals surface area contributed by atoms with Crippen LogP contribution in [0.2, 0.25) is 0 Å². The Kier molecular flexibility index (Phi) is 5.59. The van der Waals surface area contributed by atoms with Gasteiger partial charge in [-0.1, -0.05) is 24.3 Å². The molecule has 0 spiro atoms. The number of carbonyl (C=O) groups is 1. The van der Waals surface area contributed by atoms with Gasteiger partial charge < -0.3 is 15.0 Å². The van der Waals surface area contributed by atoms with Crippen molar-refractivity contribution >= 4 is 16.7 Å². The van der Waals surface area contributed by atoms with Crippen LogP contribution in [-0.2, 0) is 4.79 Å². The van der Waals surface area contributed by atoms with E-state index in [-0.39, 0.29) is 11.8 Å². The van der Waals surface area contributed by atoms with Crippen molar-refractivity contribution in [1.82, 2.24) is 10.2 Å². The molecule has 0 bridgehead atoms. The SMILES string of the molecule is CNCC1CCCN(C(=O)C(C)c2ccc3cc(OC)ccc3c2)C1. The molecule has 2 aromatic carbocycles. The first-order valence-corrected chi connectivity index (χ1v) is 9.13. The number of nitrogens with one attached hydrogen (secondary N) is 1. The van der Waals surface area contributed by atoms with Crippen LogP contribution in [0, 0.1) is 5.92 Å². The van der Waals surface area contributed by atoms with Crippen LogP contribution < -0.4 is 10.1 Å². The Labute approximate surface area is 150 Å². The van der Waals surface area contributed by atoms with Crippen LogP contribution in [0.4, 0.5) is 0 Å². The topological polar surface area (TPSA) is 41.6 Å². The zero-order chi connectivity index (χ0) is 17.8. The molecule has 4 heteroatoms. The third-order valence-electron chi connectivity index (χ3n) is 5.27. The molecule has 0 aliphatic carbocycles. The number of benzene rings is 2. The number of hydrogen-bond donors (Lipinski definition) is 1. The third-order valence-corrected chi connectivity index (χ3v) is 5.27. The van der Waals surface area contributed by atoms with E-state index in [1.54, 1.807) is 7.11 Å². The van der Waals surface area contributed by atoms with Crippen LogP contribution in [-0.4, -0.2) is 44.6 Å². The largest absolute Gasteiger partial charge is 0.497 e. The first kappa shape index (κ1) is 17.7. The van der Waals surface area contributed by atoms with Gasteiger partial charge >= 0.3 is 0 Å². The van der Waals surface area contributed by atoms with E-state index in [1.165, 1.54) is 6.42 Å². The molecule has 0 saturated carbocycles. The molecule has 134 valence electrons. The summed E-state index contributed by atoms with van der Waals surface area (Å²) in [5, 5.41) is 5.52. The summed E-state index contributed by atoms with van der Waals surface area (Å²) in [4.78, 5) is 15.0. The van der Waals surface area contributed by atoms with E-state index in [0.29, 0.717) is 5.92 Å². The van der Waals surface area contributed by atoms with Gasteiger partial charge in [-0.2, -0.15) is 0 Å². The van der Waals surface area contributed by atoms with E-state index < -0.39 is 0 Å². The van der Waals surface area contributed by atoms with Crippen LogP contribution in [0.3, 0.4) is 0 Å². The number of rotatable bonds is 5. The second-order valence-corrected chi connectivity index (χ2v) is 7.04. The van der Waals surface area contributed by atoms with Crippen molar-refractivity contribution in [2.75, 3.05) is 33.8 Å². The molecule has 2 atom stereocenters. The molecule has 0 aromatic heterocycles. The molecule has 1 N–H and O–H groups in total. The highest BCUT2D eigenvalue weighted by molar-refractivity contribution is 5.88. The fraction of sp³-hybridized carbons (Fsp3) is 0.476. The minimum atomic E-state index is -0.111. The Hall–Kier alpha value is -2.07. The van der Waals surface area contributed by atoms with Gasteiger partial charge in [0.15, 0.2) is 0 Å². The molecule has 0 radical (unpaired) electrons. The van der Waals surface area contributed by atoms with Crippen LogP contribution >= 0.6 is 0 Å². The van der Waals surface area contributed by atoms with Crippen molar-refractivity contribution in [3.8, 4) is 5.75 Å². The maximum absolute atomic E-state index is 13.0. The van der Waals surface area contributed by atoms with Gasteiger partial charge in [0.25, 0.3) is 0 Å². The summed E-state index contributed by atoms with van der Waals surface area (Å²) in [6.45, 7) is 4.76. The molecule has 1 saturated heterocycles. The molecule has 2 unspecified atom stereocenters. The fourth-order valence-corrected chi connectivity index (χ4v) is 3.78. The summed E-state index contributed by atoms with van der Waals surface area (Å²) < 4.78 is 5.28. The predicted molar refractivity (Wildman–Crippen MR) is 102 cm³/mol. The molecule has 1 amide bonds. The van der Waals surface area contributed by atoms with Crippen LogP contribution in [0.5, 0.6) is 5.75 Å². The smallest absolute Gasteiger partial charge is 0.229 e. The summed E-state index contributed by atoms with van der Waals surface area (Å²) in [5.41, 5.74) is 1.08. The lowest BCUT2D eigenvalue weighted by Crippen LogP contribution is -2.44. The van der Waals surface area contributed by atoms with E-state index in [9.17, 15) is 4.79 Å². The van der Waals surface area contributed by atoms with Crippen molar-refractivity contribution in [2.24, 2.45) is 5.92 Å². The molecule has 1 aliphatic rings. The fourth-order valence-electron chi connectivity index (χ4n) is 3.78. The minimum Gasteiger partial charge on any atom is -0.497 e. The van der Waals surface area contributed by atoms with Crippen molar-refractivity contribution in [3.05, 3.63) is 42.0 Å². The number of ether oxygens (including phenoxy) is 1. The van der Waals surface area contributed by atoms with E-state index in [2.05, 4.69) is 29.6 Å². The maximum atomic E-state index is 13.0. The molecule has 1 heterocycles. The lowest BCUT2D eigenvalue weighted by Gasteiger charge is -2.34. The zero-order valence-corrected chi connectivity index (χ0v) is 15.4. The number of carbonyl (C=O) groups excluding carboxylic acids is 1. The Bertz CT molecular complexity index is 742. The predicted octanol–water partition coefficient (Wildman–Crippen LogP) is 3.41. The minimum absolute atomic E-state index is 0.111. The molecule has 1 aliphatic heterocycles.